The van der Waals surface area contributed by atoms with Gasteiger partial charge in [-0.05, 0) is 18.4 Å². The van der Waals surface area contributed by atoms with E-state index >= 15 is 0 Å². The van der Waals surface area contributed by atoms with Gasteiger partial charge in [-0.15, -0.1) is 0 Å². The lowest BCUT2D eigenvalue weighted by molar-refractivity contribution is -0.138. The van der Waals surface area contributed by atoms with Crippen LogP contribution in [0.3, 0.4) is 0 Å². The molecule has 0 radical (unpaired) electrons. The van der Waals surface area contributed by atoms with Crippen molar-refractivity contribution in [3.63, 3.8) is 0 Å². The summed E-state index contributed by atoms with van der Waals surface area (Å²) < 4.78 is 4.82. The van der Waals surface area contributed by atoms with Crippen molar-refractivity contribution in [1.82, 2.24) is 4.90 Å². The zero-order valence-corrected chi connectivity index (χ0v) is 11.5. The van der Waals surface area contributed by atoms with Crippen LogP contribution in [0.1, 0.15) is 24.8 Å². The molecule has 2 aliphatic rings. The highest BCUT2D eigenvalue weighted by Gasteiger charge is 2.39. The quantitative estimate of drug-likeness (QED) is 0.610. The smallest absolute Gasteiger partial charge is 0.343 e. The first-order valence-corrected chi connectivity index (χ1v) is 6.90. The monoisotopic (exact) mass is 271 g/mol. The number of rotatable bonds is 2. The molecule has 1 saturated heterocycles. The van der Waals surface area contributed by atoms with E-state index in [-0.39, 0.29) is 17.4 Å². The average molecular weight is 271 g/mol. The Morgan fingerprint density at radius 1 is 1.30 bits per heavy atom. The fourth-order valence-corrected chi connectivity index (χ4v) is 3.15. The number of Topliss-reactive ketones (excluding diaryl/α,β-unsaturated/α-hetero) is 1. The van der Waals surface area contributed by atoms with Gasteiger partial charge in [-0.25, -0.2) is 4.79 Å². The number of nitrogens with zero attached hydrogens (tertiary/aromatic N) is 1. The standard InChI is InChI=1S/C16H17NO3/c1-20-16(19)14-13(18)10-12-8-5-9-17(12)15(14)11-6-3-2-4-7-11/h2-4,6-7,12H,5,8-10H2,1H3/t12-/m1/s1. The van der Waals surface area contributed by atoms with Crippen molar-refractivity contribution in [2.75, 3.05) is 13.7 Å². The van der Waals surface area contributed by atoms with Gasteiger partial charge >= 0.3 is 5.97 Å². The zero-order chi connectivity index (χ0) is 14.1. The first-order chi connectivity index (χ1) is 9.72. The van der Waals surface area contributed by atoms with Gasteiger partial charge in [-0.1, -0.05) is 30.3 Å². The summed E-state index contributed by atoms with van der Waals surface area (Å²) in [5.41, 5.74) is 1.86. The highest BCUT2D eigenvalue weighted by atomic mass is 16.5. The van der Waals surface area contributed by atoms with E-state index in [1.54, 1.807) is 0 Å². The van der Waals surface area contributed by atoms with Crippen molar-refractivity contribution in [2.24, 2.45) is 0 Å². The molecule has 2 aliphatic heterocycles. The molecule has 0 unspecified atom stereocenters. The molecule has 20 heavy (non-hydrogen) atoms. The maximum Gasteiger partial charge on any atom is 0.343 e. The predicted octanol–water partition coefficient (Wildman–Crippen LogP) is 2.01. The third-order valence-electron chi connectivity index (χ3n) is 4.04. The number of fused-ring (bicyclic) bond motifs is 1. The molecule has 4 heteroatoms. The topological polar surface area (TPSA) is 46.6 Å². The highest BCUT2D eigenvalue weighted by Crippen LogP contribution is 2.37. The van der Waals surface area contributed by atoms with Crippen molar-refractivity contribution >= 4 is 17.4 Å². The van der Waals surface area contributed by atoms with Crippen LogP contribution in [-0.4, -0.2) is 36.3 Å². The second-order valence-electron chi connectivity index (χ2n) is 5.20. The van der Waals surface area contributed by atoms with Gasteiger partial charge in [-0.3, -0.25) is 4.79 Å². The minimum atomic E-state index is -0.529. The molecule has 0 bridgehead atoms. The molecule has 1 aromatic carbocycles. The first-order valence-electron chi connectivity index (χ1n) is 6.90. The van der Waals surface area contributed by atoms with E-state index in [1.807, 2.05) is 30.3 Å². The van der Waals surface area contributed by atoms with E-state index in [4.69, 9.17) is 4.74 Å². The Hall–Kier alpha value is -2.10. The predicted molar refractivity (Wildman–Crippen MR) is 74.7 cm³/mol. The van der Waals surface area contributed by atoms with Gasteiger partial charge in [0.1, 0.15) is 5.57 Å². The van der Waals surface area contributed by atoms with Gasteiger partial charge in [-0.2, -0.15) is 0 Å². The molecule has 4 nitrogen and oxygen atoms in total. The fourth-order valence-electron chi connectivity index (χ4n) is 3.15. The lowest BCUT2D eigenvalue weighted by atomic mass is 9.92. The molecule has 3 rings (SSSR count). The lowest BCUT2D eigenvalue weighted by Crippen LogP contribution is -2.38. The molecule has 104 valence electrons. The van der Waals surface area contributed by atoms with E-state index in [0.717, 1.165) is 30.6 Å². The van der Waals surface area contributed by atoms with Crippen LogP contribution in [0.2, 0.25) is 0 Å². The number of hydrogen-bond acceptors (Lipinski definition) is 4. The maximum absolute atomic E-state index is 12.3. The third-order valence-corrected chi connectivity index (χ3v) is 4.04. The van der Waals surface area contributed by atoms with Gasteiger partial charge < -0.3 is 9.64 Å². The second kappa shape index (κ2) is 5.12. The summed E-state index contributed by atoms with van der Waals surface area (Å²) in [6, 6.07) is 9.86. The van der Waals surface area contributed by atoms with Crippen molar-refractivity contribution in [1.29, 1.82) is 0 Å². The molecule has 0 aliphatic carbocycles. The van der Waals surface area contributed by atoms with Gasteiger partial charge in [0, 0.05) is 19.0 Å². The highest BCUT2D eigenvalue weighted by molar-refractivity contribution is 6.23. The largest absolute Gasteiger partial charge is 0.465 e. The molecule has 0 saturated carbocycles. The lowest BCUT2D eigenvalue weighted by Gasteiger charge is -2.34. The fraction of sp³-hybridized carbons (Fsp3) is 0.375. The van der Waals surface area contributed by atoms with E-state index in [9.17, 15) is 9.59 Å². The Kier molecular flexibility index (Phi) is 3.30. The first kappa shape index (κ1) is 12.9. The van der Waals surface area contributed by atoms with Crippen LogP contribution in [-0.2, 0) is 14.3 Å². The Balaban J connectivity index is 2.18. The summed E-state index contributed by atoms with van der Waals surface area (Å²) >= 11 is 0. The summed E-state index contributed by atoms with van der Waals surface area (Å²) in [5.74, 6) is -0.627. The molecule has 1 fully saturated rings. The van der Waals surface area contributed by atoms with Gasteiger partial charge in [0.2, 0.25) is 0 Å². The van der Waals surface area contributed by atoms with Gasteiger partial charge in [0.15, 0.2) is 5.78 Å². The number of ketones is 1. The number of hydrogen-bond donors (Lipinski definition) is 0. The van der Waals surface area contributed by atoms with Crippen molar-refractivity contribution in [3.8, 4) is 0 Å². The van der Waals surface area contributed by atoms with E-state index in [1.165, 1.54) is 7.11 Å². The van der Waals surface area contributed by atoms with E-state index in [2.05, 4.69) is 4.90 Å². The maximum atomic E-state index is 12.3. The number of carbonyl (C=O) groups excluding carboxylic acids is 2. The minimum Gasteiger partial charge on any atom is -0.465 e. The Morgan fingerprint density at radius 2 is 2.05 bits per heavy atom. The SMILES string of the molecule is COC(=O)C1=C(c2ccccc2)N2CCC[C@@H]2CC1=O. The number of carbonyl (C=O) groups is 2. The average Bonchev–Trinajstić information content (AvgIpc) is 2.93. The second-order valence-corrected chi connectivity index (χ2v) is 5.20. The molecule has 0 N–H and O–H groups in total. The Labute approximate surface area is 118 Å². The summed E-state index contributed by atoms with van der Waals surface area (Å²) in [4.78, 5) is 26.6. The van der Waals surface area contributed by atoms with Crippen LogP contribution in [0.5, 0.6) is 0 Å². The van der Waals surface area contributed by atoms with Crippen molar-refractivity contribution in [3.05, 3.63) is 41.5 Å². The van der Waals surface area contributed by atoms with Crippen LogP contribution < -0.4 is 0 Å². The number of ether oxygens (including phenoxy) is 1. The third kappa shape index (κ3) is 2.01. The number of esters is 1. The van der Waals surface area contributed by atoms with Gasteiger partial charge in [0.05, 0.1) is 12.8 Å². The van der Waals surface area contributed by atoms with Crippen LogP contribution in [0, 0.1) is 0 Å². The van der Waals surface area contributed by atoms with Crippen LogP contribution in [0.4, 0.5) is 0 Å². The van der Waals surface area contributed by atoms with E-state index in [0.29, 0.717) is 6.42 Å². The van der Waals surface area contributed by atoms with Gasteiger partial charge in [0.25, 0.3) is 0 Å². The summed E-state index contributed by atoms with van der Waals surface area (Å²) in [6.07, 6.45) is 2.49. The molecule has 0 spiro atoms. The van der Waals surface area contributed by atoms with Crippen LogP contribution in [0.15, 0.2) is 35.9 Å². The molecule has 2 heterocycles. The van der Waals surface area contributed by atoms with Crippen molar-refractivity contribution in [2.45, 2.75) is 25.3 Å². The van der Waals surface area contributed by atoms with Crippen LogP contribution in [0.25, 0.3) is 5.70 Å². The zero-order valence-electron chi connectivity index (χ0n) is 11.5. The Bertz CT molecular complexity index is 577. The summed E-state index contributed by atoms with van der Waals surface area (Å²) in [5, 5.41) is 0. The molecular weight excluding hydrogens is 254 g/mol. The van der Waals surface area contributed by atoms with Crippen LogP contribution >= 0.6 is 0 Å². The normalized spacial score (nSPS) is 21.9. The summed E-state index contributed by atoms with van der Waals surface area (Å²) in [7, 11) is 1.32. The number of benzene rings is 1. The molecule has 0 amide bonds. The van der Waals surface area contributed by atoms with E-state index < -0.39 is 5.97 Å². The minimum absolute atomic E-state index is 0.0983. The number of methoxy groups -OCH3 is 1. The molecular formula is C16H17NO3. The molecule has 1 aromatic rings. The summed E-state index contributed by atoms with van der Waals surface area (Å²) in [6.45, 7) is 0.892. The molecule has 1 atom stereocenters. The molecule has 0 aromatic heterocycles. The Morgan fingerprint density at radius 3 is 2.75 bits per heavy atom. The van der Waals surface area contributed by atoms with Crippen molar-refractivity contribution < 1.29 is 14.3 Å².